The van der Waals surface area contributed by atoms with E-state index in [1.165, 1.54) is 28.7 Å². The summed E-state index contributed by atoms with van der Waals surface area (Å²) in [5, 5.41) is 1.24. The van der Waals surface area contributed by atoms with Crippen molar-refractivity contribution in [1.82, 2.24) is 9.88 Å². The third-order valence-corrected chi connectivity index (χ3v) is 8.14. The molecule has 5 rings (SSSR count). The molecule has 1 saturated heterocycles. The van der Waals surface area contributed by atoms with Gasteiger partial charge in [0, 0.05) is 36.1 Å². The van der Waals surface area contributed by atoms with Gasteiger partial charge in [0.2, 0.25) is 0 Å². The Kier molecular flexibility index (Phi) is 6.75. The van der Waals surface area contributed by atoms with Crippen molar-refractivity contribution in [3.05, 3.63) is 22.7 Å². The molecule has 0 spiro atoms. The van der Waals surface area contributed by atoms with E-state index >= 15 is 0 Å². The molecule has 0 bridgehead atoms. The quantitative estimate of drug-likeness (QED) is 0.492. The molecule has 0 aromatic carbocycles. The Bertz CT molecular complexity index is 949. The average molecular weight is 441 g/mol. The Morgan fingerprint density at radius 3 is 2.84 bits per heavy atom. The third kappa shape index (κ3) is 4.61. The lowest BCUT2D eigenvalue weighted by Crippen LogP contribution is -2.46. The first kappa shape index (κ1) is 21.2. The highest BCUT2D eigenvalue weighted by Gasteiger charge is 2.32. The zero-order valence-electron chi connectivity index (χ0n) is 18.4. The van der Waals surface area contributed by atoms with Crippen LogP contribution in [0.15, 0.2) is 12.3 Å². The van der Waals surface area contributed by atoms with Gasteiger partial charge in [-0.1, -0.05) is 5.92 Å². The van der Waals surface area contributed by atoms with Crippen molar-refractivity contribution in [2.75, 3.05) is 39.5 Å². The van der Waals surface area contributed by atoms with Gasteiger partial charge in [-0.25, -0.2) is 4.98 Å². The second kappa shape index (κ2) is 9.87. The minimum Gasteiger partial charge on any atom is -0.490 e. The number of rotatable bonds is 6. The second-order valence-corrected chi connectivity index (χ2v) is 9.89. The van der Waals surface area contributed by atoms with Gasteiger partial charge < -0.3 is 14.2 Å². The van der Waals surface area contributed by atoms with Crippen molar-refractivity contribution in [3.8, 4) is 17.6 Å². The predicted molar refractivity (Wildman–Crippen MR) is 124 cm³/mol. The number of nitrogens with zero attached hydrogens (tertiary/aromatic N) is 2. The fourth-order valence-electron chi connectivity index (χ4n) is 5.37. The fraction of sp³-hybridized carbons (Fsp3) is 0.640. The zero-order chi connectivity index (χ0) is 21.0. The molecule has 1 aliphatic heterocycles. The van der Waals surface area contributed by atoms with Gasteiger partial charge in [0.25, 0.3) is 0 Å². The summed E-state index contributed by atoms with van der Waals surface area (Å²) in [5.41, 5.74) is 1.43. The molecule has 0 unspecified atom stereocenters. The summed E-state index contributed by atoms with van der Waals surface area (Å²) in [6, 6.07) is 2.77. The van der Waals surface area contributed by atoms with Crippen molar-refractivity contribution in [2.45, 2.75) is 63.5 Å². The number of fused-ring (bicyclic) bond motifs is 3. The molecule has 3 aliphatic rings. The Morgan fingerprint density at radius 2 is 2.03 bits per heavy atom. The van der Waals surface area contributed by atoms with Crippen LogP contribution >= 0.6 is 11.3 Å². The summed E-state index contributed by atoms with van der Waals surface area (Å²) >= 11 is 1.84. The van der Waals surface area contributed by atoms with Crippen LogP contribution in [0.1, 0.15) is 55.4 Å². The van der Waals surface area contributed by atoms with Crippen LogP contribution in [0.3, 0.4) is 0 Å². The maximum atomic E-state index is 6.64. The smallest absolute Gasteiger partial charge is 0.131 e. The van der Waals surface area contributed by atoms with Gasteiger partial charge >= 0.3 is 0 Å². The summed E-state index contributed by atoms with van der Waals surface area (Å²) in [6.45, 7) is 7.01. The summed E-state index contributed by atoms with van der Waals surface area (Å²) in [4.78, 5) is 9.86. The highest BCUT2D eigenvalue weighted by Crippen LogP contribution is 2.47. The molecule has 0 amide bonds. The van der Waals surface area contributed by atoms with Crippen LogP contribution in [0, 0.1) is 11.8 Å². The Balaban J connectivity index is 1.28. The number of aryl methyl sites for hydroxylation is 1. The number of hydrogen-bond acceptors (Lipinski definition) is 6. The van der Waals surface area contributed by atoms with Gasteiger partial charge in [0.05, 0.1) is 31.3 Å². The van der Waals surface area contributed by atoms with E-state index in [2.05, 4.69) is 27.8 Å². The van der Waals surface area contributed by atoms with Crippen LogP contribution in [0.4, 0.5) is 0 Å². The third-order valence-electron chi connectivity index (χ3n) is 6.97. The lowest BCUT2D eigenvalue weighted by molar-refractivity contribution is -0.000920. The maximum Gasteiger partial charge on any atom is 0.131 e. The molecule has 3 heterocycles. The van der Waals surface area contributed by atoms with Gasteiger partial charge in [-0.15, -0.1) is 17.3 Å². The molecule has 5 nitrogen and oxygen atoms in total. The van der Waals surface area contributed by atoms with E-state index in [4.69, 9.17) is 14.2 Å². The minimum atomic E-state index is 0.300. The standard InChI is InChI=1S/C25H32N2O3S/c1-2-3-14-29-17-18-4-9-22-23(18)24-21(10-11-26-25(24)31-22)30-20-7-5-19(6-8-20)27-12-15-28-16-13-27/h10-11,18-20H,4-9,12-17H2,1H3/t18-,19-,20-/m1/s1. The molecule has 1 atom stereocenters. The van der Waals surface area contributed by atoms with Crippen molar-refractivity contribution in [2.24, 2.45) is 0 Å². The Morgan fingerprint density at radius 1 is 1.19 bits per heavy atom. The SMILES string of the molecule is CC#CCOC[C@H]1CCc2sc3nccc(O[C@H]4CC[C@H](N5CCOCC5)CC4)c3c21. The van der Waals surface area contributed by atoms with Gasteiger partial charge in [0.1, 0.15) is 17.2 Å². The summed E-state index contributed by atoms with van der Waals surface area (Å²) < 4.78 is 18.0. The van der Waals surface area contributed by atoms with E-state index in [0.717, 1.165) is 69.2 Å². The Labute approximate surface area is 189 Å². The molecule has 166 valence electrons. The molecule has 0 N–H and O–H groups in total. The molecule has 2 fully saturated rings. The average Bonchev–Trinajstić information content (AvgIpc) is 3.38. The van der Waals surface area contributed by atoms with E-state index in [-0.39, 0.29) is 0 Å². The lowest BCUT2D eigenvalue weighted by Gasteiger charge is -2.38. The number of aromatic nitrogens is 1. The van der Waals surface area contributed by atoms with Crippen molar-refractivity contribution >= 4 is 21.6 Å². The van der Waals surface area contributed by atoms with Gasteiger partial charge in [-0.2, -0.15) is 0 Å². The molecule has 2 aromatic heterocycles. The minimum absolute atomic E-state index is 0.300. The van der Waals surface area contributed by atoms with Crippen LogP contribution < -0.4 is 4.74 Å². The first-order chi connectivity index (χ1) is 15.3. The summed E-state index contributed by atoms with van der Waals surface area (Å²) in [7, 11) is 0. The van der Waals surface area contributed by atoms with Gasteiger partial charge in [0.15, 0.2) is 0 Å². The summed E-state index contributed by atoms with van der Waals surface area (Å²) in [6.07, 6.45) is 9.16. The van der Waals surface area contributed by atoms with Crippen LogP contribution in [0.2, 0.25) is 0 Å². The van der Waals surface area contributed by atoms with Gasteiger partial charge in [-0.3, -0.25) is 4.90 Å². The Hall–Kier alpha value is -1.65. The van der Waals surface area contributed by atoms with Crippen molar-refractivity contribution in [1.29, 1.82) is 0 Å². The van der Waals surface area contributed by atoms with Gasteiger partial charge in [-0.05, 0) is 57.1 Å². The molecule has 6 heteroatoms. The van der Waals surface area contributed by atoms with Crippen molar-refractivity contribution < 1.29 is 14.2 Å². The molecular weight excluding hydrogens is 408 g/mol. The number of pyridine rings is 1. The number of ether oxygens (including phenoxy) is 3. The molecular formula is C25H32N2O3S. The van der Waals surface area contributed by atoms with E-state index in [9.17, 15) is 0 Å². The van der Waals surface area contributed by atoms with E-state index < -0.39 is 0 Å². The molecule has 31 heavy (non-hydrogen) atoms. The van der Waals surface area contributed by atoms with Crippen LogP contribution in [0.25, 0.3) is 10.2 Å². The fourth-order valence-corrected chi connectivity index (χ4v) is 6.63. The van der Waals surface area contributed by atoms with E-state index in [1.807, 2.05) is 24.5 Å². The number of morpholine rings is 1. The lowest BCUT2D eigenvalue weighted by atomic mass is 9.91. The maximum absolute atomic E-state index is 6.64. The summed E-state index contributed by atoms with van der Waals surface area (Å²) in [5.74, 6) is 7.35. The van der Waals surface area contributed by atoms with Crippen LogP contribution in [-0.4, -0.2) is 61.5 Å². The normalized spacial score (nSPS) is 26.4. The van der Waals surface area contributed by atoms with E-state index in [1.54, 1.807) is 0 Å². The first-order valence-electron chi connectivity index (χ1n) is 11.7. The first-order valence-corrected chi connectivity index (χ1v) is 12.5. The molecule has 2 aromatic rings. The second-order valence-electron chi connectivity index (χ2n) is 8.80. The topological polar surface area (TPSA) is 43.8 Å². The monoisotopic (exact) mass is 440 g/mol. The van der Waals surface area contributed by atoms with Crippen molar-refractivity contribution in [3.63, 3.8) is 0 Å². The largest absolute Gasteiger partial charge is 0.490 e. The van der Waals surface area contributed by atoms with E-state index in [0.29, 0.717) is 24.7 Å². The number of hydrogen-bond donors (Lipinski definition) is 0. The predicted octanol–water partition coefficient (Wildman–Crippen LogP) is 4.39. The zero-order valence-corrected chi connectivity index (χ0v) is 19.2. The van der Waals surface area contributed by atoms with Crippen LogP contribution in [-0.2, 0) is 15.9 Å². The highest BCUT2D eigenvalue weighted by molar-refractivity contribution is 7.19. The van der Waals surface area contributed by atoms with Crippen LogP contribution in [0.5, 0.6) is 5.75 Å². The molecule has 2 aliphatic carbocycles. The molecule has 0 radical (unpaired) electrons. The molecule has 1 saturated carbocycles. The highest BCUT2D eigenvalue weighted by atomic mass is 32.1. The number of thiophene rings is 1.